The lowest BCUT2D eigenvalue weighted by molar-refractivity contribution is 0.776. The average molecular weight is 229 g/mol. The van der Waals surface area contributed by atoms with E-state index in [9.17, 15) is 0 Å². The molecule has 3 heteroatoms. The van der Waals surface area contributed by atoms with Crippen LogP contribution in [-0.2, 0) is 7.05 Å². The van der Waals surface area contributed by atoms with E-state index in [4.69, 9.17) is 4.98 Å². The fourth-order valence-corrected chi connectivity index (χ4v) is 2.00. The van der Waals surface area contributed by atoms with Crippen molar-refractivity contribution in [1.82, 2.24) is 9.55 Å². The Kier molecular flexibility index (Phi) is 3.47. The highest BCUT2D eigenvalue weighted by molar-refractivity contribution is 5.60. The van der Waals surface area contributed by atoms with E-state index in [2.05, 4.69) is 41.6 Å². The summed E-state index contributed by atoms with van der Waals surface area (Å²) in [4.78, 5) is 6.97. The fourth-order valence-electron chi connectivity index (χ4n) is 2.00. The van der Waals surface area contributed by atoms with Crippen molar-refractivity contribution in [1.29, 1.82) is 0 Å². The van der Waals surface area contributed by atoms with Gasteiger partial charge < -0.3 is 9.47 Å². The molecular formula is C14H19N3. The Labute approximate surface area is 103 Å². The first kappa shape index (κ1) is 11.7. The maximum absolute atomic E-state index is 4.71. The monoisotopic (exact) mass is 229 g/mol. The van der Waals surface area contributed by atoms with Gasteiger partial charge >= 0.3 is 0 Å². The third kappa shape index (κ3) is 2.33. The number of benzene rings is 1. The number of aromatic nitrogens is 2. The van der Waals surface area contributed by atoms with Crippen LogP contribution in [0.5, 0.6) is 0 Å². The molecule has 1 aromatic heterocycles. The molecule has 0 radical (unpaired) electrons. The summed E-state index contributed by atoms with van der Waals surface area (Å²) >= 11 is 0. The molecule has 1 heterocycles. The normalized spacial score (nSPS) is 10.5. The summed E-state index contributed by atoms with van der Waals surface area (Å²) in [6, 6.07) is 10.3. The molecule has 17 heavy (non-hydrogen) atoms. The van der Waals surface area contributed by atoms with E-state index < -0.39 is 0 Å². The van der Waals surface area contributed by atoms with Crippen LogP contribution in [0.25, 0.3) is 11.3 Å². The van der Waals surface area contributed by atoms with Crippen molar-refractivity contribution in [2.24, 2.45) is 7.05 Å². The Balaban J connectivity index is 2.37. The first-order valence-electron chi connectivity index (χ1n) is 6.10. The Morgan fingerprint density at radius 3 is 2.35 bits per heavy atom. The van der Waals surface area contributed by atoms with E-state index in [-0.39, 0.29) is 0 Å². The van der Waals surface area contributed by atoms with Crippen molar-refractivity contribution in [3.8, 4) is 11.3 Å². The van der Waals surface area contributed by atoms with Gasteiger partial charge in [0.25, 0.3) is 0 Å². The van der Waals surface area contributed by atoms with Gasteiger partial charge in [-0.2, -0.15) is 0 Å². The molecule has 2 aromatic rings. The second-order valence-corrected chi connectivity index (χ2v) is 4.08. The minimum atomic E-state index is 0.982. The van der Waals surface area contributed by atoms with Gasteiger partial charge in [0.05, 0.1) is 5.69 Å². The van der Waals surface area contributed by atoms with Crippen molar-refractivity contribution >= 4 is 5.95 Å². The molecule has 0 unspecified atom stereocenters. The van der Waals surface area contributed by atoms with Gasteiger partial charge in [-0.25, -0.2) is 4.98 Å². The van der Waals surface area contributed by atoms with Crippen LogP contribution in [0.2, 0.25) is 0 Å². The fraction of sp³-hybridized carbons (Fsp3) is 0.357. The minimum Gasteiger partial charge on any atom is -0.343 e. The van der Waals surface area contributed by atoms with Crippen LogP contribution in [0.4, 0.5) is 5.95 Å². The Morgan fingerprint density at radius 2 is 1.76 bits per heavy atom. The Hall–Kier alpha value is -1.77. The van der Waals surface area contributed by atoms with Crippen LogP contribution in [0.15, 0.2) is 36.5 Å². The molecule has 0 aliphatic carbocycles. The minimum absolute atomic E-state index is 0.982. The maximum Gasteiger partial charge on any atom is 0.205 e. The van der Waals surface area contributed by atoms with Crippen LogP contribution in [-0.4, -0.2) is 22.6 Å². The number of rotatable bonds is 4. The number of imidazole rings is 1. The molecule has 0 atom stereocenters. The third-order valence-corrected chi connectivity index (χ3v) is 2.97. The summed E-state index contributed by atoms with van der Waals surface area (Å²) in [6.07, 6.45) is 2.09. The van der Waals surface area contributed by atoms with Gasteiger partial charge in [0.1, 0.15) is 0 Å². The highest BCUT2D eigenvalue weighted by Gasteiger charge is 2.11. The molecule has 0 aliphatic rings. The quantitative estimate of drug-likeness (QED) is 0.803. The first-order valence-corrected chi connectivity index (χ1v) is 6.10. The highest BCUT2D eigenvalue weighted by atomic mass is 15.3. The Bertz CT molecular complexity index is 469. The predicted molar refractivity (Wildman–Crippen MR) is 72.2 cm³/mol. The summed E-state index contributed by atoms with van der Waals surface area (Å²) in [5.74, 6) is 1.04. The van der Waals surface area contributed by atoms with Crippen molar-refractivity contribution < 1.29 is 0 Å². The second-order valence-electron chi connectivity index (χ2n) is 4.08. The first-order chi connectivity index (χ1) is 8.26. The van der Waals surface area contributed by atoms with E-state index in [0.717, 1.165) is 24.7 Å². The zero-order valence-corrected chi connectivity index (χ0v) is 10.7. The van der Waals surface area contributed by atoms with Crippen LogP contribution < -0.4 is 4.90 Å². The molecule has 2 rings (SSSR count). The average Bonchev–Trinajstić information content (AvgIpc) is 2.75. The summed E-state index contributed by atoms with van der Waals surface area (Å²) < 4.78 is 2.09. The topological polar surface area (TPSA) is 21.1 Å². The van der Waals surface area contributed by atoms with E-state index in [1.54, 1.807) is 0 Å². The third-order valence-electron chi connectivity index (χ3n) is 2.97. The highest BCUT2D eigenvalue weighted by Crippen LogP contribution is 2.21. The zero-order valence-electron chi connectivity index (χ0n) is 10.7. The summed E-state index contributed by atoms with van der Waals surface area (Å²) in [5.41, 5.74) is 2.21. The lowest BCUT2D eigenvalue weighted by atomic mass is 10.2. The molecule has 0 saturated heterocycles. The molecular weight excluding hydrogens is 210 g/mol. The molecule has 0 bridgehead atoms. The van der Waals surface area contributed by atoms with E-state index >= 15 is 0 Å². The van der Waals surface area contributed by atoms with Crippen LogP contribution >= 0.6 is 0 Å². The van der Waals surface area contributed by atoms with Crippen LogP contribution in [0.1, 0.15) is 13.8 Å². The summed E-state index contributed by atoms with van der Waals surface area (Å²) in [5, 5.41) is 0. The molecule has 0 aliphatic heterocycles. The smallest absolute Gasteiger partial charge is 0.205 e. The van der Waals surface area contributed by atoms with Crippen LogP contribution in [0, 0.1) is 0 Å². The van der Waals surface area contributed by atoms with Crippen molar-refractivity contribution in [2.45, 2.75) is 13.8 Å². The number of hydrogen-bond acceptors (Lipinski definition) is 2. The van der Waals surface area contributed by atoms with Gasteiger partial charge in [0, 0.05) is 31.9 Å². The number of anilines is 1. The zero-order chi connectivity index (χ0) is 12.3. The largest absolute Gasteiger partial charge is 0.343 e. The molecule has 0 fully saturated rings. The lowest BCUT2D eigenvalue weighted by Crippen LogP contribution is -2.24. The van der Waals surface area contributed by atoms with Gasteiger partial charge in [-0.1, -0.05) is 30.3 Å². The molecule has 0 amide bonds. The molecule has 0 saturated carbocycles. The molecule has 3 nitrogen and oxygen atoms in total. The second kappa shape index (κ2) is 5.04. The van der Waals surface area contributed by atoms with E-state index in [0.29, 0.717) is 0 Å². The summed E-state index contributed by atoms with van der Waals surface area (Å²) in [7, 11) is 2.05. The van der Waals surface area contributed by atoms with Gasteiger partial charge in [-0.05, 0) is 13.8 Å². The van der Waals surface area contributed by atoms with Crippen molar-refractivity contribution in [2.75, 3.05) is 18.0 Å². The molecule has 0 spiro atoms. The lowest BCUT2D eigenvalue weighted by Gasteiger charge is -2.19. The Morgan fingerprint density at radius 1 is 1.12 bits per heavy atom. The van der Waals surface area contributed by atoms with Gasteiger partial charge in [0.15, 0.2) is 0 Å². The summed E-state index contributed by atoms with van der Waals surface area (Å²) in [6.45, 7) is 6.27. The van der Waals surface area contributed by atoms with Gasteiger partial charge in [0.2, 0.25) is 5.95 Å². The molecule has 1 aromatic carbocycles. The number of hydrogen-bond donors (Lipinski definition) is 0. The van der Waals surface area contributed by atoms with Crippen LogP contribution in [0.3, 0.4) is 0 Å². The van der Waals surface area contributed by atoms with E-state index in [1.807, 2.05) is 25.2 Å². The maximum atomic E-state index is 4.71. The standard InChI is InChI=1S/C14H19N3/c1-4-17(5-2)14-15-13(11-16(14)3)12-9-7-6-8-10-12/h6-11H,4-5H2,1-3H3. The number of nitrogens with zero attached hydrogens (tertiary/aromatic N) is 3. The van der Waals surface area contributed by atoms with Gasteiger partial charge in [-0.15, -0.1) is 0 Å². The van der Waals surface area contributed by atoms with Gasteiger partial charge in [-0.3, -0.25) is 0 Å². The molecule has 0 N–H and O–H groups in total. The SMILES string of the molecule is CCN(CC)c1nc(-c2ccccc2)cn1C. The van der Waals surface area contributed by atoms with Crippen molar-refractivity contribution in [3.63, 3.8) is 0 Å². The van der Waals surface area contributed by atoms with E-state index in [1.165, 1.54) is 5.56 Å². The molecule has 90 valence electrons. The predicted octanol–water partition coefficient (Wildman–Crippen LogP) is 2.93. The van der Waals surface area contributed by atoms with Crippen molar-refractivity contribution in [3.05, 3.63) is 36.5 Å². The number of aryl methyl sites for hydroxylation is 1.